The first kappa shape index (κ1) is 17.7. The van der Waals surface area contributed by atoms with Gasteiger partial charge >= 0.3 is 0 Å². The maximum Gasteiger partial charge on any atom is 0.255 e. The van der Waals surface area contributed by atoms with Gasteiger partial charge in [-0.25, -0.2) is 0 Å². The number of ether oxygens (including phenoxy) is 1. The zero-order chi connectivity index (χ0) is 18.5. The highest BCUT2D eigenvalue weighted by Crippen LogP contribution is 2.28. The van der Waals surface area contributed by atoms with Crippen LogP contribution in [0.3, 0.4) is 0 Å². The van der Waals surface area contributed by atoms with Gasteiger partial charge in [-0.2, -0.15) is 0 Å². The highest BCUT2D eigenvalue weighted by molar-refractivity contribution is 6.05. The molecule has 0 aliphatic rings. The lowest BCUT2D eigenvalue weighted by Crippen LogP contribution is -2.14. The Bertz CT molecular complexity index is 884. The van der Waals surface area contributed by atoms with Crippen molar-refractivity contribution < 1.29 is 9.53 Å². The fourth-order valence-electron chi connectivity index (χ4n) is 2.83. The quantitative estimate of drug-likeness (QED) is 0.601. The number of nitrogens with one attached hydrogen (secondary N) is 1. The molecule has 0 fully saturated rings. The van der Waals surface area contributed by atoms with Crippen molar-refractivity contribution in [3.63, 3.8) is 0 Å². The van der Waals surface area contributed by atoms with Crippen LogP contribution < -0.4 is 10.1 Å². The van der Waals surface area contributed by atoms with Crippen molar-refractivity contribution in [1.82, 2.24) is 0 Å². The molecule has 0 aliphatic carbocycles. The largest absolute Gasteiger partial charge is 0.457 e. The lowest BCUT2D eigenvalue weighted by molar-refractivity contribution is 0.102. The number of benzene rings is 3. The number of amides is 1. The van der Waals surface area contributed by atoms with Crippen molar-refractivity contribution in [3.8, 4) is 11.5 Å². The molecular weight excluding hydrogens is 322 g/mol. The van der Waals surface area contributed by atoms with Crippen LogP contribution in [0.5, 0.6) is 11.5 Å². The molecule has 0 radical (unpaired) electrons. The van der Waals surface area contributed by atoms with Crippen molar-refractivity contribution in [2.24, 2.45) is 0 Å². The second kappa shape index (κ2) is 7.87. The first-order valence-electron chi connectivity index (χ1n) is 8.78. The summed E-state index contributed by atoms with van der Waals surface area (Å²) in [5, 5.41) is 3.07. The minimum Gasteiger partial charge on any atom is -0.457 e. The molecule has 0 heterocycles. The van der Waals surface area contributed by atoms with Crippen LogP contribution in [0, 0.1) is 6.92 Å². The van der Waals surface area contributed by atoms with Crippen molar-refractivity contribution in [2.45, 2.75) is 26.7 Å². The van der Waals surface area contributed by atoms with E-state index < -0.39 is 0 Å². The SMILES string of the molecule is Cc1cccc(C(C)C)c1NC(=O)c1ccc(Oc2ccccc2)cc1. The summed E-state index contributed by atoms with van der Waals surface area (Å²) >= 11 is 0. The van der Waals surface area contributed by atoms with Gasteiger partial charge in [0.05, 0.1) is 0 Å². The molecule has 1 N–H and O–H groups in total. The van der Waals surface area contributed by atoms with Crippen molar-refractivity contribution >= 4 is 11.6 Å². The minimum atomic E-state index is -0.118. The Labute approximate surface area is 154 Å². The molecule has 132 valence electrons. The van der Waals surface area contributed by atoms with E-state index in [1.54, 1.807) is 12.1 Å². The molecule has 3 rings (SSSR count). The van der Waals surface area contributed by atoms with E-state index in [0.717, 1.165) is 22.6 Å². The van der Waals surface area contributed by atoms with E-state index in [2.05, 4.69) is 25.2 Å². The number of hydrogen-bond donors (Lipinski definition) is 1. The van der Waals surface area contributed by atoms with Gasteiger partial charge in [0, 0.05) is 11.3 Å². The molecule has 3 aromatic rings. The number of rotatable bonds is 5. The first-order chi connectivity index (χ1) is 12.5. The summed E-state index contributed by atoms with van der Waals surface area (Å²) in [6, 6.07) is 22.8. The second-order valence-corrected chi connectivity index (χ2v) is 6.59. The van der Waals surface area contributed by atoms with Crippen LogP contribution in [0.15, 0.2) is 72.8 Å². The number of carbonyl (C=O) groups excluding carboxylic acids is 1. The summed E-state index contributed by atoms with van der Waals surface area (Å²) < 4.78 is 5.77. The molecule has 0 atom stereocenters. The van der Waals surface area contributed by atoms with Crippen molar-refractivity contribution in [3.05, 3.63) is 89.5 Å². The molecule has 26 heavy (non-hydrogen) atoms. The lowest BCUT2D eigenvalue weighted by Gasteiger charge is -2.16. The summed E-state index contributed by atoms with van der Waals surface area (Å²) in [6.07, 6.45) is 0. The average Bonchev–Trinajstić information content (AvgIpc) is 2.64. The van der Waals surface area contributed by atoms with E-state index in [1.807, 2.05) is 61.5 Å². The number of para-hydroxylation sites is 2. The number of anilines is 1. The second-order valence-electron chi connectivity index (χ2n) is 6.59. The molecule has 0 bridgehead atoms. The smallest absolute Gasteiger partial charge is 0.255 e. The van der Waals surface area contributed by atoms with Crippen molar-refractivity contribution in [2.75, 3.05) is 5.32 Å². The van der Waals surface area contributed by atoms with Gasteiger partial charge in [-0.05, 0) is 60.4 Å². The first-order valence-corrected chi connectivity index (χ1v) is 8.78. The predicted octanol–water partition coefficient (Wildman–Crippen LogP) is 6.16. The van der Waals surface area contributed by atoms with Crippen LogP contribution in [0.1, 0.15) is 41.3 Å². The third-order valence-electron chi connectivity index (χ3n) is 4.26. The van der Waals surface area contributed by atoms with Gasteiger partial charge in [-0.3, -0.25) is 4.79 Å². The van der Waals surface area contributed by atoms with Gasteiger partial charge < -0.3 is 10.1 Å². The van der Waals surface area contributed by atoms with Gasteiger partial charge in [0.1, 0.15) is 11.5 Å². The molecule has 0 saturated carbocycles. The Hall–Kier alpha value is -3.07. The summed E-state index contributed by atoms with van der Waals surface area (Å²) in [5.74, 6) is 1.69. The van der Waals surface area contributed by atoms with Gasteiger partial charge in [0.2, 0.25) is 0 Å². The molecule has 0 aromatic heterocycles. The Morgan fingerprint density at radius 1 is 0.846 bits per heavy atom. The van der Waals surface area contributed by atoms with Crippen LogP contribution in [0.2, 0.25) is 0 Å². The fourth-order valence-corrected chi connectivity index (χ4v) is 2.83. The Kier molecular flexibility index (Phi) is 5.37. The molecule has 1 amide bonds. The molecular formula is C23H23NO2. The maximum atomic E-state index is 12.7. The van der Waals surface area contributed by atoms with Gasteiger partial charge in [0.15, 0.2) is 0 Å². The van der Waals surface area contributed by atoms with Crippen LogP contribution in [0.25, 0.3) is 0 Å². The predicted molar refractivity (Wildman–Crippen MR) is 106 cm³/mol. The molecule has 0 aliphatic heterocycles. The Morgan fingerprint density at radius 3 is 2.15 bits per heavy atom. The van der Waals surface area contributed by atoms with Crippen LogP contribution in [-0.4, -0.2) is 5.91 Å². The summed E-state index contributed by atoms with van der Waals surface area (Å²) in [6.45, 7) is 6.26. The number of carbonyl (C=O) groups is 1. The summed E-state index contributed by atoms with van der Waals surface area (Å²) in [7, 11) is 0. The molecule has 0 unspecified atom stereocenters. The average molecular weight is 345 g/mol. The molecule has 3 aromatic carbocycles. The van der Waals surface area contributed by atoms with Crippen LogP contribution >= 0.6 is 0 Å². The zero-order valence-corrected chi connectivity index (χ0v) is 15.3. The molecule has 0 saturated heterocycles. The van der Waals surface area contributed by atoms with Gasteiger partial charge in [-0.15, -0.1) is 0 Å². The molecule has 3 heteroatoms. The lowest BCUT2D eigenvalue weighted by atomic mass is 9.98. The molecule has 3 nitrogen and oxygen atoms in total. The third kappa shape index (κ3) is 4.12. The highest BCUT2D eigenvalue weighted by Gasteiger charge is 2.13. The van der Waals surface area contributed by atoms with E-state index in [1.165, 1.54) is 0 Å². The fraction of sp³-hybridized carbons (Fsp3) is 0.174. The van der Waals surface area contributed by atoms with E-state index in [4.69, 9.17) is 4.74 Å². The number of aryl methyl sites for hydroxylation is 1. The van der Waals surface area contributed by atoms with Crippen LogP contribution in [0.4, 0.5) is 5.69 Å². The topological polar surface area (TPSA) is 38.3 Å². The van der Waals surface area contributed by atoms with E-state index in [-0.39, 0.29) is 5.91 Å². The van der Waals surface area contributed by atoms with E-state index in [0.29, 0.717) is 17.2 Å². The van der Waals surface area contributed by atoms with Gasteiger partial charge in [0.25, 0.3) is 5.91 Å². The van der Waals surface area contributed by atoms with Crippen LogP contribution in [-0.2, 0) is 0 Å². The monoisotopic (exact) mass is 345 g/mol. The highest BCUT2D eigenvalue weighted by atomic mass is 16.5. The van der Waals surface area contributed by atoms with Gasteiger partial charge in [-0.1, -0.05) is 50.2 Å². The third-order valence-corrected chi connectivity index (χ3v) is 4.26. The standard InChI is InChI=1S/C23H23NO2/c1-16(2)21-11-7-8-17(3)22(21)24-23(25)18-12-14-20(15-13-18)26-19-9-5-4-6-10-19/h4-16H,1-3H3,(H,24,25). The molecule has 0 spiro atoms. The minimum absolute atomic E-state index is 0.118. The summed E-state index contributed by atoms with van der Waals surface area (Å²) in [4.78, 5) is 12.7. The van der Waals surface area contributed by atoms with E-state index >= 15 is 0 Å². The summed E-state index contributed by atoms with van der Waals surface area (Å²) in [5.41, 5.74) is 3.71. The normalized spacial score (nSPS) is 10.6. The Morgan fingerprint density at radius 2 is 1.50 bits per heavy atom. The maximum absolute atomic E-state index is 12.7. The number of hydrogen-bond acceptors (Lipinski definition) is 2. The zero-order valence-electron chi connectivity index (χ0n) is 15.3. The van der Waals surface area contributed by atoms with E-state index in [9.17, 15) is 4.79 Å². The Balaban J connectivity index is 1.75. The van der Waals surface area contributed by atoms with Crippen molar-refractivity contribution in [1.29, 1.82) is 0 Å².